The first-order valence-corrected chi connectivity index (χ1v) is 15.2. The largest absolute Gasteiger partial charge is 0.331 e. The minimum atomic E-state index is -0.328. The molecule has 5 fully saturated rings. The summed E-state index contributed by atoms with van der Waals surface area (Å²) in [6, 6.07) is 2.96. The summed E-state index contributed by atoms with van der Waals surface area (Å²) in [6.07, 6.45) is 11.8. The molecule has 206 valence electrons. The van der Waals surface area contributed by atoms with Gasteiger partial charge in [0.05, 0.1) is 17.2 Å². The predicted octanol–water partition coefficient (Wildman–Crippen LogP) is 8.56. The molecule has 37 heavy (non-hydrogen) atoms. The van der Waals surface area contributed by atoms with Gasteiger partial charge in [-0.3, -0.25) is 0 Å². The average Bonchev–Trinajstić information content (AvgIpc) is 3.19. The lowest BCUT2D eigenvalue weighted by Gasteiger charge is -2.72. The second kappa shape index (κ2) is 8.32. The smallest absolute Gasteiger partial charge is 0.319 e. The Morgan fingerprint density at radius 2 is 1.62 bits per heavy atom. The summed E-state index contributed by atoms with van der Waals surface area (Å²) in [6.45, 7) is 21.3. The molecular weight excluding hydrogens is 456 g/mol. The fourth-order valence-corrected chi connectivity index (χ4v) is 11.9. The summed E-state index contributed by atoms with van der Waals surface area (Å²) < 4.78 is 0. The van der Waals surface area contributed by atoms with E-state index in [1.165, 1.54) is 45.4 Å². The van der Waals surface area contributed by atoms with Crippen LogP contribution in [0.1, 0.15) is 127 Å². The van der Waals surface area contributed by atoms with Gasteiger partial charge in [0.25, 0.3) is 0 Å². The van der Waals surface area contributed by atoms with Gasteiger partial charge in [-0.15, -0.1) is 0 Å². The first-order valence-electron chi connectivity index (χ1n) is 15.2. The summed E-state index contributed by atoms with van der Waals surface area (Å²) >= 11 is 0. The van der Waals surface area contributed by atoms with Crippen LogP contribution >= 0.6 is 0 Å². The van der Waals surface area contributed by atoms with Gasteiger partial charge in [-0.05, 0) is 115 Å². The first-order chi connectivity index (χ1) is 17.1. The van der Waals surface area contributed by atoms with Crippen LogP contribution in [0.25, 0.3) is 0 Å². The normalized spacial score (nSPS) is 49.7. The zero-order valence-electron chi connectivity index (χ0n) is 25.2. The molecule has 0 saturated heterocycles. The highest BCUT2D eigenvalue weighted by molar-refractivity contribution is 5.91. The molecule has 0 amide bonds. The van der Waals surface area contributed by atoms with E-state index in [9.17, 15) is 10.1 Å². The average molecular weight is 509 g/mol. The molecular formula is C33H52N2O2. The summed E-state index contributed by atoms with van der Waals surface area (Å²) in [5.74, 6) is 2.77. The standard InChI is InChI=1S/C33H52N2O2/c1-21(36)37-35-26-14-15-30(7)24(29(26,5)6)13-16-32(9)25(30)11-10-23-27-22(28(2,3)4)12-17-33(27,20-34)19-18-31(23,32)8/h22-25,27H,10-19H2,1-9H3/b35-26+/t22-,23?,24?,25?,27?,30+,31-,32-,33-/m1/s1. The number of carbonyl (C=O) groups excluding carboxylic acids is 1. The molecule has 0 spiro atoms. The Morgan fingerprint density at radius 3 is 2.24 bits per heavy atom. The van der Waals surface area contributed by atoms with Crippen molar-refractivity contribution >= 4 is 11.7 Å². The van der Waals surface area contributed by atoms with Crippen LogP contribution in [0.15, 0.2) is 5.16 Å². The molecule has 0 radical (unpaired) electrons. The van der Waals surface area contributed by atoms with Gasteiger partial charge in [0.1, 0.15) is 0 Å². The third-order valence-electron chi connectivity index (χ3n) is 13.8. The van der Waals surface area contributed by atoms with Crippen molar-refractivity contribution < 1.29 is 9.63 Å². The van der Waals surface area contributed by atoms with Crippen molar-refractivity contribution in [3.63, 3.8) is 0 Å². The molecule has 0 heterocycles. The number of nitrogens with zero attached hydrogens (tertiary/aromatic N) is 2. The monoisotopic (exact) mass is 508 g/mol. The van der Waals surface area contributed by atoms with Gasteiger partial charge in [-0.25, -0.2) is 4.79 Å². The number of fused-ring (bicyclic) bond motifs is 7. The van der Waals surface area contributed by atoms with E-state index in [1.54, 1.807) is 0 Å². The Balaban J connectivity index is 1.51. The zero-order valence-corrected chi connectivity index (χ0v) is 25.2. The Kier molecular flexibility index (Phi) is 6.11. The van der Waals surface area contributed by atoms with Gasteiger partial charge in [0.2, 0.25) is 0 Å². The van der Waals surface area contributed by atoms with E-state index < -0.39 is 0 Å². The van der Waals surface area contributed by atoms with Crippen LogP contribution in [0.3, 0.4) is 0 Å². The fraction of sp³-hybridized carbons (Fsp3) is 0.909. The summed E-state index contributed by atoms with van der Waals surface area (Å²) in [5, 5.41) is 14.9. The van der Waals surface area contributed by atoms with Crippen LogP contribution in [0.2, 0.25) is 0 Å². The maximum atomic E-state index is 11.5. The van der Waals surface area contributed by atoms with Gasteiger partial charge in [-0.2, -0.15) is 5.26 Å². The molecule has 5 aliphatic carbocycles. The van der Waals surface area contributed by atoms with E-state index >= 15 is 0 Å². The summed E-state index contributed by atoms with van der Waals surface area (Å²) in [4.78, 5) is 16.7. The topological polar surface area (TPSA) is 62.4 Å². The van der Waals surface area contributed by atoms with Gasteiger partial charge in [0.15, 0.2) is 0 Å². The molecule has 4 nitrogen and oxygen atoms in total. The Morgan fingerprint density at radius 1 is 0.919 bits per heavy atom. The van der Waals surface area contributed by atoms with Crippen molar-refractivity contribution in [2.75, 3.05) is 0 Å². The molecule has 0 aromatic heterocycles. The molecule has 0 aromatic carbocycles. The van der Waals surface area contributed by atoms with E-state index in [-0.39, 0.29) is 27.6 Å². The van der Waals surface area contributed by atoms with Crippen LogP contribution in [0.5, 0.6) is 0 Å². The molecule has 0 aromatic rings. The summed E-state index contributed by atoms with van der Waals surface area (Å²) in [5.41, 5.74) is 2.03. The quantitative estimate of drug-likeness (QED) is 0.263. The van der Waals surface area contributed by atoms with Crippen molar-refractivity contribution in [1.29, 1.82) is 5.26 Å². The third kappa shape index (κ3) is 3.57. The fourth-order valence-electron chi connectivity index (χ4n) is 11.9. The lowest BCUT2D eigenvalue weighted by molar-refractivity contribution is -0.227. The third-order valence-corrected chi connectivity index (χ3v) is 13.8. The zero-order chi connectivity index (χ0) is 27.2. The highest BCUT2D eigenvalue weighted by atomic mass is 16.7. The Bertz CT molecular complexity index is 1030. The van der Waals surface area contributed by atoms with Crippen molar-refractivity contribution in [3.05, 3.63) is 0 Å². The van der Waals surface area contributed by atoms with Crippen LogP contribution < -0.4 is 0 Å². The van der Waals surface area contributed by atoms with Gasteiger partial charge in [-0.1, -0.05) is 60.5 Å². The van der Waals surface area contributed by atoms with Crippen molar-refractivity contribution in [3.8, 4) is 6.07 Å². The number of hydrogen-bond donors (Lipinski definition) is 0. The molecule has 4 unspecified atom stereocenters. The number of oxime groups is 1. The molecule has 5 rings (SSSR count). The van der Waals surface area contributed by atoms with Crippen LogP contribution in [0, 0.1) is 73.4 Å². The van der Waals surface area contributed by atoms with Gasteiger partial charge in [0, 0.05) is 12.3 Å². The van der Waals surface area contributed by atoms with Crippen LogP contribution in [0.4, 0.5) is 0 Å². The molecule has 0 bridgehead atoms. The number of nitriles is 1. The van der Waals surface area contributed by atoms with Crippen LogP contribution in [-0.2, 0) is 9.63 Å². The number of hydrogen-bond acceptors (Lipinski definition) is 4. The van der Waals surface area contributed by atoms with Crippen molar-refractivity contribution in [1.82, 2.24) is 0 Å². The first kappa shape index (κ1) is 27.2. The number of carbonyl (C=O) groups is 1. The summed E-state index contributed by atoms with van der Waals surface area (Å²) in [7, 11) is 0. The number of rotatable bonds is 1. The maximum Gasteiger partial charge on any atom is 0.331 e. The Labute approximate surface area is 226 Å². The lowest BCUT2D eigenvalue weighted by atomic mass is 9.32. The minimum absolute atomic E-state index is 0.0627. The molecule has 9 atom stereocenters. The van der Waals surface area contributed by atoms with E-state index in [0.717, 1.165) is 31.4 Å². The molecule has 0 N–H and O–H groups in total. The van der Waals surface area contributed by atoms with E-state index in [2.05, 4.69) is 66.6 Å². The minimum Gasteiger partial charge on any atom is -0.319 e. The lowest BCUT2D eigenvalue weighted by Crippen LogP contribution is -2.66. The van der Waals surface area contributed by atoms with E-state index in [0.29, 0.717) is 40.4 Å². The van der Waals surface area contributed by atoms with Crippen molar-refractivity contribution in [2.45, 2.75) is 127 Å². The van der Waals surface area contributed by atoms with Gasteiger partial charge >= 0.3 is 5.97 Å². The molecule has 4 heteroatoms. The van der Waals surface area contributed by atoms with E-state index in [1.807, 2.05) is 0 Å². The Hall–Kier alpha value is -1.37. The maximum absolute atomic E-state index is 11.5. The predicted molar refractivity (Wildman–Crippen MR) is 148 cm³/mol. The van der Waals surface area contributed by atoms with Gasteiger partial charge < -0.3 is 4.84 Å². The molecule has 0 aliphatic heterocycles. The highest BCUT2D eigenvalue weighted by Gasteiger charge is 2.71. The highest BCUT2D eigenvalue weighted by Crippen LogP contribution is 2.77. The van der Waals surface area contributed by atoms with E-state index in [4.69, 9.17) is 4.84 Å². The van der Waals surface area contributed by atoms with Crippen molar-refractivity contribution in [2.24, 2.45) is 67.2 Å². The van der Waals surface area contributed by atoms with Crippen LogP contribution in [-0.4, -0.2) is 11.7 Å². The SMILES string of the molecule is CC(=O)O/N=C1\CC[C@@]2(C)C(CC[C@]3(C)C2CCC2C4[C@H](C(C)(C)C)CC[C@]4(C#N)CC[C@]23C)C1(C)C. The second-order valence-corrected chi connectivity index (χ2v) is 16.3. The second-order valence-electron chi connectivity index (χ2n) is 16.3. The molecule has 5 saturated carbocycles. The molecule has 5 aliphatic rings.